The van der Waals surface area contributed by atoms with E-state index < -0.39 is 127 Å². The van der Waals surface area contributed by atoms with Gasteiger partial charge in [0.15, 0.2) is 0 Å². The molecule has 0 aliphatic carbocycles. The maximum absolute atomic E-state index is 13.7. The number of carboxylic acids is 1. The molecule has 18 N–H and O–H groups in total. The van der Waals surface area contributed by atoms with E-state index in [-0.39, 0.29) is 24.3 Å². The summed E-state index contributed by atoms with van der Waals surface area (Å²) >= 11 is 0. The summed E-state index contributed by atoms with van der Waals surface area (Å²) in [7, 11) is 0. The lowest BCUT2D eigenvalue weighted by Gasteiger charge is -2.26. The third-order valence-corrected chi connectivity index (χ3v) is 8.15. The fraction of sp³-hybridized carbons (Fsp3) is 0.371. The Balaban J connectivity index is 2.41. The second kappa shape index (κ2) is 22.3. The van der Waals surface area contributed by atoms with Gasteiger partial charge in [0.2, 0.25) is 53.2 Å². The van der Waals surface area contributed by atoms with E-state index in [4.69, 9.17) is 28.7 Å². The fourth-order valence-corrected chi connectivity index (χ4v) is 5.20. The molecule has 9 amide bonds. The lowest BCUT2D eigenvalue weighted by atomic mass is 10.0. The normalized spacial score (nSPS) is 13.8. The van der Waals surface area contributed by atoms with Gasteiger partial charge in [0.1, 0.15) is 41.7 Å². The zero-order valence-corrected chi connectivity index (χ0v) is 30.8. The number of hydrogen-bond acceptors (Lipinski definition) is 13. The van der Waals surface area contributed by atoms with Crippen molar-refractivity contribution in [1.82, 2.24) is 26.6 Å². The summed E-state index contributed by atoms with van der Waals surface area (Å²) < 4.78 is 0. The number of carbonyl (C=O) groups excluding carboxylic acids is 9. The minimum atomic E-state index is -1.89. The van der Waals surface area contributed by atoms with Gasteiger partial charge in [-0.05, 0) is 41.8 Å². The number of rotatable bonds is 24. The molecule has 0 saturated carbocycles. The minimum Gasteiger partial charge on any atom is -0.508 e. The summed E-state index contributed by atoms with van der Waals surface area (Å²) in [5, 5.41) is 40.2. The molecule has 23 nitrogen and oxygen atoms in total. The van der Waals surface area contributed by atoms with Crippen LogP contribution in [0, 0.1) is 0 Å². The number of carboxylic acid groups (broad SMARTS) is 1. The number of hydrogen-bond donors (Lipinski definition) is 13. The molecule has 314 valence electrons. The SMILES string of the molecule is NC(=O)CC[C@H](NC(=O)[C@H](Cc1ccc(O)cc1)NC(=O)[C@H](CC(N)=O)NC(=O)[C@H](CC(N)=O)NC(=O)[C@H](Cc1ccc(O)cc1)NC(=O)[C@@H](N)CC(N)=O)C(=O)O. The Kier molecular flexibility index (Phi) is 18.0. The van der Waals surface area contributed by atoms with Gasteiger partial charge < -0.3 is 70.6 Å². The Bertz CT molecular complexity index is 1860. The molecule has 0 heterocycles. The van der Waals surface area contributed by atoms with Crippen molar-refractivity contribution in [1.29, 1.82) is 0 Å². The summed E-state index contributed by atoms with van der Waals surface area (Å²) in [4.78, 5) is 126. The molecule has 0 aliphatic rings. The average Bonchev–Trinajstić information content (AvgIpc) is 3.12. The molecule has 0 fully saturated rings. The standard InChI is InChI=1S/C35H46N10O13/c36-20(13-27(38)49)30(52)42-22(11-16-1-5-18(46)6-2-16)32(54)44-25(15-29(40)51)34(56)45-24(14-28(39)50)33(55)43-23(12-17-3-7-19(47)8-4-17)31(53)41-21(35(57)58)9-10-26(37)48/h1-8,20-25,46-47H,9-15,36H2,(H2,37,48)(H2,38,49)(H2,39,50)(H2,40,51)(H,41,53)(H,42,52)(H,43,55)(H,44,54)(H,45,56)(H,57,58)/t20-,21-,22-,23-,24-,25-/m0/s1. The number of aliphatic carboxylic acids is 1. The predicted molar refractivity (Wildman–Crippen MR) is 199 cm³/mol. The maximum atomic E-state index is 13.7. The van der Waals surface area contributed by atoms with E-state index in [1.807, 2.05) is 0 Å². The largest absolute Gasteiger partial charge is 0.508 e. The molecule has 23 heteroatoms. The average molecular weight is 815 g/mol. The third kappa shape index (κ3) is 16.6. The van der Waals surface area contributed by atoms with E-state index in [1.165, 1.54) is 48.5 Å². The Labute approximate surface area is 329 Å². The number of benzene rings is 2. The van der Waals surface area contributed by atoms with Gasteiger partial charge >= 0.3 is 5.97 Å². The molecule has 2 aromatic carbocycles. The van der Waals surface area contributed by atoms with E-state index in [2.05, 4.69) is 26.6 Å². The van der Waals surface area contributed by atoms with E-state index in [0.717, 1.165) is 0 Å². The molecule has 0 spiro atoms. The third-order valence-electron chi connectivity index (χ3n) is 8.15. The number of phenolic OH excluding ortho intramolecular Hbond substituents is 2. The van der Waals surface area contributed by atoms with Gasteiger partial charge in [-0.3, -0.25) is 43.2 Å². The van der Waals surface area contributed by atoms with Crippen LogP contribution in [0.2, 0.25) is 0 Å². The second-order valence-corrected chi connectivity index (χ2v) is 13.0. The lowest BCUT2D eigenvalue weighted by Crippen LogP contribution is -2.60. The van der Waals surface area contributed by atoms with Gasteiger partial charge in [-0.2, -0.15) is 0 Å². The van der Waals surface area contributed by atoms with Crippen molar-refractivity contribution in [2.24, 2.45) is 28.7 Å². The first-order valence-electron chi connectivity index (χ1n) is 17.3. The molecule has 0 aromatic heterocycles. The molecule has 0 unspecified atom stereocenters. The summed E-state index contributed by atoms with van der Waals surface area (Å²) in [6, 6.07) is 0.614. The first-order chi connectivity index (χ1) is 27.1. The highest BCUT2D eigenvalue weighted by atomic mass is 16.4. The number of nitrogens with one attached hydrogen (secondary N) is 5. The van der Waals surface area contributed by atoms with Gasteiger partial charge in [-0.1, -0.05) is 24.3 Å². The van der Waals surface area contributed by atoms with Crippen molar-refractivity contribution in [3.05, 3.63) is 59.7 Å². The summed E-state index contributed by atoms with van der Waals surface area (Å²) in [6.07, 6.45) is -3.85. The van der Waals surface area contributed by atoms with E-state index >= 15 is 0 Å². The van der Waals surface area contributed by atoms with Crippen LogP contribution in [0.5, 0.6) is 11.5 Å². The Hall–Kier alpha value is -7.30. The van der Waals surface area contributed by atoms with Crippen LogP contribution in [-0.2, 0) is 60.8 Å². The minimum absolute atomic E-state index is 0.123. The van der Waals surface area contributed by atoms with Crippen LogP contribution in [0.15, 0.2) is 48.5 Å². The number of primary amides is 4. The van der Waals surface area contributed by atoms with Crippen LogP contribution in [0.4, 0.5) is 0 Å². The molecule has 58 heavy (non-hydrogen) atoms. The highest BCUT2D eigenvalue weighted by Gasteiger charge is 2.34. The van der Waals surface area contributed by atoms with Crippen molar-refractivity contribution < 1.29 is 63.3 Å². The number of amides is 9. The second-order valence-electron chi connectivity index (χ2n) is 13.0. The molecule has 2 aromatic rings. The molecular weight excluding hydrogens is 768 g/mol. The highest BCUT2D eigenvalue weighted by molar-refractivity contribution is 5.99. The van der Waals surface area contributed by atoms with Crippen molar-refractivity contribution in [3.8, 4) is 11.5 Å². The maximum Gasteiger partial charge on any atom is 0.326 e. The molecular formula is C35H46N10O13. The van der Waals surface area contributed by atoms with Crippen LogP contribution in [-0.4, -0.2) is 111 Å². The van der Waals surface area contributed by atoms with Gasteiger partial charge in [-0.15, -0.1) is 0 Å². The van der Waals surface area contributed by atoms with Crippen molar-refractivity contribution in [2.45, 2.75) is 81.2 Å². The monoisotopic (exact) mass is 814 g/mol. The Morgan fingerprint density at radius 1 is 0.466 bits per heavy atom. The van der Waals surface area contributed by atoms with Gasteiger partial charge in [0.25, 0.3) is 0 Å². The Morgan fingerprint density at radius 2 is 0.793 bits per heavy atom. The number of aromatic hydroxyl groups is 2. The van der Waals surface area contributed by atoms with Gasteiger partial charge in [0.05, 0.1) is 25.3 Å². The fourth-order valence-electron chi connectivity index (χ4n) is 5.20. The molecule has 0 saturated heterocycles. The number of nitrogens with two attached hydrogens (primary N) is 5. The van der Waals surface area contributed by atoms with Gasteiger partial charge in [0, 0.05) is 19.3 Å². The number of carbonyl (C=O) groups is 10. The van der Waals surface area contributed by atoms with E-state index in [9.17, 15) is 63.3 Å². The van der Waals surface area contributed by atoms with Crippen molar-refractivity contribution >= 4 is 59.1 Å². The van der Waals surface area contributed by atoms with Crippen molar-refractivity contribution in [3.63, 3.8) is 0 Å². The van der Waals surface area contributed by atoms with E-state index in [0.29, 0.717) is 11.1 Å². The van der Waals surface area contributed by atoms with E-state index in [1.54, 1.807) is 0 Å². The molecule has 0 bridgehead atoms. The molecule has 6 atom stereocenters. The summed E-state index contributed by atoms with van der Waals surface area (Å²) in [6.45, 7) is 0. The summed E-state index contributed by atoms with van der Waals surface area (Å²) in [5.74, 6) is -11.5. The molecule has 0 aliphatic heterocycles. The smallest absolute Gasteiger partial charge is 0.326 e. The first-order valence-corrected chi connectivity index (χ1v) is 17.3. The zero-order valence-electron chi connectivity index (χ0n) is 30.8. The Morgan fingerprint density at radius 3 is 1.14 bits per heavy atom. The van der Waals surface area contributed by atoms with Crippen LogP contribution in [0.25, 0.3) is 0 Å². The zero-order chi connectivity index (χ0) is 43.7. The van der Waals surface area contributed by atoms with Gasteiger partial charge in [-0.25, -0.2) is 4.79 Å². The topological polar surface area (TPSA) is 422 Å². The summed E-state index contributed by atoms with van der Waals surface area (Å²) in [5.41, 5.74) is 27.3. The van der Waals surface area contributed by atoms with Crippen LogP contribution in [0.1, 0.15) is 43.2 Å². The quantitative estimate of drug-likeness (QED) is 0.0471. The predicted octanol–water partition coefficient (Wildman–Crippen LogP) is -5.39. The van der Waals surface area contributed by atoms with Crippen LogP contribution >= 0.6 is 0 Å². The first kappa shape index (κ1) is 46.9. The van der Waals surface area contributed by atoms with Crippen LogP contribution < -0.4 is 55.3 Å². The lowest BCUT2D eigenvalue weighted by molar-refractivity contribution is -0.142. The molecule has 0 radical (unpaired) electrons. The highest BCUT2D eigenvalue weighted by Crippen LogP contribution is 2.14. The number of phenols is 2. The van der Waals surface area contributed by atoms with Crippen molar-refractivity contribution in [2.75, 3.05) is 0 Å². The molecule has 2 rings (SSSR count). The van der Waals surface area contributed by atoms with Crippen LogP contribution in [0.3, 0.4) is 0 Å².